The van der Waals surface area contributed by atoms with Crippen molar-refractivity contribution in [1.29, 1.82) is 0 Å². The van der Waals surface area contributed by atoms with Crippen LogP contribution in [0.5, 0.6) is 0 Å². The van der Waals surface area contributed by atoms with Crippen LogP contribution in [-0.2, 0) is 6.42 Å². The van der Waals surface area contributed by atoms with Crippen molar-refractivity contribution in [2.45, 2.75) is 6.42 Å². The molecule has 5 aromatic carbocycles. The molecule has 2 nitrogen and oxygen atoms in total. The number of hydrazine groups is 1. The van der Waals surface area contributed by atoms with Gasteiger partial charge in [-0.05, 0) is 62.0 Å². The van der Waals surface area contributed by atoms with Gasteiger partial charge < -0.3 is 5.43 Å². The highest BCUT2D eigenvalue weighted by Crippen LogP contribution is 2.39. The number of nitrogens with two attached hydrogens (primary N) is 1. The van der Waals surface area contributed by atoms with Crippen LogP contribution in [0.2, 0.25) is 0 Å². The van der Waals surface area contributed by atoms with Gasteiger partial charge >= 0.3 is 0 Å². The fourth-order valence-electron chi connectivity index (χ4n) is 4.18. The number of anilines is 1. The van der Waals surface area contributed by atoms with E-state index >= 15 is 0 Å². The van der Waals surface area contributed by atoms with E-state index in [2.05, 4.69) is 96.4 Å². The van der Waals surface area contributed by atoms with Crippen LogP contribution in [0, 0.1) is 0 Å². The van der Waals surface area contributed by atoms with E-state index in [4.69, 9.17) is 5.84 Å². The number of fused-ring (bicyclic) bond motifs is 5. The average molecular weight is 374 g/mol. The third kappa shape index (κ3) is 3.24. The minimum Gasteiger partial charge on any atom is -0.324 e. The van der Waals surface area contributed by atoms with E-state index in [0.29, 0.717) is 0 Å². The molecule has 1 aliphatic carbocycles. The van der Waals surface area contributed by atoms with Crippen LogP contribution in [0.25, 0.3) is 32.7 Å². The summed E-state index contributed by atoms with van der Waals surface area (Å²) >= 11 is 0. The predicted octanol–water partition coefficient (Wildman–Crippen LogP) is 6.54. The first-order valence-corrected chi connectivity index (χ1v) is 9.88. The van der Waals surface area contributed by atoms with Crippen molar-refractivity contribution in [2.75, 3.05) is 5.43 Å². The fourth-order valence-corrected chi connectivity index (χ4v) is 4.18. The summed E-state index contributed by atoms with van der Waals surface area (Å²) in [7, 11) is 0. The number of nitrogens with one attached hydrogen (secondary N) is 1. The van der Waals surface area contributed by atoms with E-state index in [1.807, 2.05) is 12.1 Å². The van der Waals surface area contributed by atoms with Gasteiger partial charge in [0.05, 0.1) is 5.69 Å². The zero-order valence-corrected chi connectivity index (χ0v) is 16.1. The average Bonchev–Trinajstić information content (AvgIpc) is 3.17. The lowest BCUT2D eigenvalue weighted by molar-refractivity contribution is 1.23. The largest absolute Gasteiger partial charge is 0.324 e. The molecule has 0 fully saturated rings. The highest BCUT2D eigenvalue weighted by molar-refractivity contribution is 5.98. The summed E-state index contributed by atoms with van der Waals surface area (Å²) in [6.07, 6.45) is 0.978. The fraction of sp³-hybridized carbons (Fsp3) is 0.0370. The monoisotopic (exact) mass is 374 g/mol. The van der Waals surface area contributed by atoms with Gasteiger partial charge in [0, 0.05) is 6.42 Å². The maximum Gasteiger partial charge on any atom is 0.0526 e. The molecule has 0 bridgehead atoms. The Balaban J connectivity index is 0.000000125. The zero-order valence-electron chi connectivity index (χ0n) is 16.1. The van der Waals surface area contributed by atoms with Gasteiger partial charge in [-0.25, -0.2) is 0 Å². The molecule has 0 heterocycles. The second-order valence-electron chi connectivity index (χ2n) is 7.36. The Hall–Kier alpha value is -3.62. The summed E-state index contributed by atoms with van der Waals surface area (Å²) in [5.74, 6) is 5.51. The highest BCUT2D eigenvalue weighted by Gasteiger charge is 2.19. The molecular formula is C27H22N2. The molecule has 0 saturated carbocycles. The molecule has 0 aromatic heterocycles. The molecule has 0 radical (unpaired) electrons. The maximum atomic E-state index is 5.51. The summed E-state index contributed by atoms with van der Waals surface area (Å²) in [6, 6.07) is 36.1. The van der Waals surface area contributed by atoms with Crippen molar-refractivity contribution in [2.24, 2.45) is 5.84 Å². The van der Waals surface area contributed by atoms with Crippen molar-refractivity contribution >= 4 is 27.2 Å². The minimum absolute atomic E-state index is 0.978. The Morgan fingerprint density at radius 2 is 1.07 bits per heavy atom. The normalized spacial score (nSPS) is 11.5. The summed E-state index contributed by atoms with van der Waals surface area (Å²) in [6.45, 7) is 0. The first kappa shape index (κ1) is 17.5. The molecule has 0 atom stereocenters. The number of benzene rings is 5. The van der Waals surface area contributed by atoms with Crippen molar-refractivity contribution in [3.05, 3.63) is 114 Å². The molecule has 29 heavy (non-hydrogen) atoms. The quantitative estimate of drug-likeness (QED) is 0.195. The lowest BCUT2D eigenvalue weighted by Gasteiger charge is -2.06. The first-order chi connectivity index (χ1) is 14.3. The predicted molar refractivity (Wildman–Crippen MR) is 124 cm³/mol. The summed E-state index contributed by atoms with van der Waals surface area (Å²) in [4.78, 5) is 0. The molecule has 0 aliphatic heterocycles. The summed E-state index contributed by atoms with van der Waals surface area (Å²) in [5.41, 5.74) is 9.13. The Kier molecular flexibility index (Phi) is 4.47. The molecule has 3 N–H and O–H groups in total. The van der Waals surface area contributed by atoms with Crippen LogP contribution in [0.3, 0.4) is 0 Å². The molecule has 140 valence electrons. The smallest absolute Gasteiger partial charge is 0.0526 e. The van der Waals surface area contributed by atoms with Gasteiger partial charge in [0.1, 0.15) is 0 Å². The van der Waals surface area contributed by atoms with Gasteiger partial charge in [-0.3, -0.25) is 5.84 Å². The number of hydrogen-bond acceptors (Lipinski definition) is 2. The molecule has 0 spiro atoms. The van der Waals surface area contributed by atoms with Crippen molar-refractivity contribution < 1.29 is 0 Å². The van der Waals surface area contributed by atoms with Gasteiger partial charge in [-0.2, -0.15) is 0 Å². The van der Waals surface area contributed by atoms with Crippen LogP contribution < -0.4 is 11.3 Å². The maximum absolute atomic E-state index is 5.51. The van der Waals surface area contributed by atoms with Crippen LogP contribution in [0.4, 0.5) is 5.69 Å². The summed E-state index contributed by atoms with van der Waals surface area (Å²) < 4.78 is 0. The Morgan fingerprint density at radius 1 is 0.552 bits per heavy atom. The number of rotatable bonds is 1. The molecule has 0 saturated heterocycles. The van der Waals surface area contributed by atoms with Crippen LogP contribution in [-0.4, -0.2) is 0 Å². The zero-order chi connectivity index (χ0) is 19.6. The molecular weight excluding hydrogens is 352 g/mol. The lowest BCUT2D eigenvalue weighted by Crippen LogP contribution is -2.08. The third-order valence-corrected chi connectivity index (χ3v) is 5.62. The van der Waals surface area contributed by atoms with E-state index in [1.165, 1.54) is 43.8 Å². The molecule has 0 amide bonds. The Bertz CT molecular complexity index is 1220. The van der Waals surface area contributed by atoms with Crippen molar-refractivity contribution in [3.63, 3.8) is 0 Å². The molecule has 2 heteroatoms. The van der Waals surface area contributed by atoms with E-state index in [9.17, 15) is 0 Å². The second-order valence-corrected chi connectivity index (χ2v) is 7.36. The van der Waals surface area contributed by atoms with Crippen LogP contribution >= 0.6 is 0 Å². The molecule has 0 unspecified atom stereocenters. The second kappa shape index (κ2) is 7.42. The summed E-state index contributed by atoms with van der Waals surface area (Å²) in [5, 5.41) is 5.25. The Labute approximate surface area is 170 Å². The van der Waals surface area contributed by atoms with Crippen molar-refractivity contribution in [3.8, 4) is 11.1 Å². The van der Waals surface area contributed by atoms with E-state index in [-0.39, 0.29) is 0 Å². The lowest BCUT2D eigenvalue weighted by atomic mass is 10.0. The van der Waals surface area contributed by atoms with Gasteiger partial charge in [-0.15, -0.1) is 0 Å². The van der Waals surface area contributed by atoms with E-state index < -0.39 is 0 Å². The van der Waals surface area contributed by atoms with Crippen molar-refractivity contribution in [1.82, 2.24) is 0 Å². The minimum atomic E-state index is 0.978. The highest BCUT2D eigenvalue weighted by atomic mass is 15.2. The SMILES string of the molecule is NNc1cccc2c1Cc1ccccc1-2.c1ccc2cc3ccccc3cc2c1. The standard InChI is InChI=1S/C14H10.C13H12N2/c1-2-6-12-10-14-8-4-3-7-13(14)9-11(12)5-1;14-15-13-7-3-6-11-10-5-2-1-4-9(10)8-12(11)13/h1-10H;1-7,15H,8,14H2. The number of hydrogen-bond donors (Lipinski definition) is 2. The Morgan fingerprint density at radius 3 is 1.66 bits per heavy atom. The van der Waals surface area contributed by atoms with E-state index in [0.717, 1.165) is 12.1 Å². The number of nitrogen functional groups attached to an aromatic ring is 1. The third-order valence-electron chi connectivity index (χ3n) is 5.62. The molecule has 6 rings (SSSR count). The molecule has 5 aromatic rings. The van der Waals surface area contributed by atoms with Gasteiger partial charge in [0.15, 0.2) is 0 Å². The van der Waals surface area contributed by atoms with Gasteiger partial charge in [0.2, 0.25) is 0 Å². The first-order valence-electron chi connectivity index (χ1n) is 9.88. The van der Waals surface area contributed by atoms with Crippen LogP contribution in [0.1, 0.15) is 11.1 Å². The van der Waals surface area contributed by atoms with Gasteiger partial charge in [-0.1, -0.05) is 84.9 Å². The van der Waals surface area contributed by atoms with Gasteiger partial charge in [0.25, 0.3) is 0 Å². The topological polar surface area (TPSA) is 38.0 Å². The van der Waals surface area contributed by atoms with E-state index in [1.54, 1.807) is 0 Å². The van der Waals surface area contributed by atoms with Crippen LogP contribution in [0.15, 0.2) is 103 Å². The molecule has 1 aliphatic rings.